The number of carbonyl (C=O) groups is 2. The Morgan fingerprint density at radius 1 is 0.682 bits per heavy atom. The Bertz CT molecular complexity index is 1290. The fourth-order valence-electron chi connectivity index (χ4n) is 3.69. The van der Waals surface area contributed by atoms with Gasteiger partial charge in [-0.1, -0.05) is 58.6 Å². The molecule has 4 atom stereocenters. The van der Waals surface area contributed by atoms with Crippen LogP contribution >= 0.6 is 71.2 Å². The van der Waals surface area contributed by atoms with Gasteiger partial charge < -0.3 is 19.3 Å². The zero-order valence-electron chi connectivity index (χ0n) is 24.6. The van der Waals surface area contributed by atoms with Crippen molar-refractivity contribution in [3.8, 4) is 0 Å². The molecule has 0 fully saturated rings. The third-order valence-electron chi connectivity index (χ3n) is 6.33. The molecule has 0 saturated carbocycles. The van der Waals surface area contributed by atoms with E-state index in [1.807, 2.05) is 0 Å². The van der Waals surface area contributed by atoms with Gasteiger partial charge in [-0.15, -0.1) is 24.8 Å². The van der Waals surface area contributed by atoms with Gasteiger partial charge in [-0.05, 0) is 52.5 Å². The van der Waals surface area contributed by atoms with E-state index in [9.17, 15) is 26.4 Å². The van der Waals surface area contributed by atoms with Gasteiger partial charge in [0.1, 0.15) is 0 Å². The molecule has 0 aromatic carbocycles. The van der Waals surface area contributed by atoms with Crippen molar-refractivity contribution in [2.75, 3.05) is 68.5 Å². The number of ether oxygens (including phenoxy) is 2. The monoisotopic (exact) mass is 782 g/mol. The molecule has 0 saturated heterocycles. The topological polar surface area (TPSA) is 134 Å². The Kier molecular flexibility index (Phi) is 16.7. The first-order chi connectivity index (χ1) is 19.2. The van der Waals surface area contributed by atoms with Crippen LogP contribution in [0.1, 0.15) is 0 Å². The predicted molar refractivity (Wildman–Crippen MR) is 178 cm³/mol. The Morgan fingerprint density at radius 2 is 0.977 bits per heavy atom. The Morgan fingerprint density at radius 3 is 1.25 bits per heavy atom. The summed E-state index contributed by atoms with van der Waals surface area (Å²) in [4.78, 5) is 29.4. The number of hydrogen-bond acceptors (Lipinski definition) is 10. The first-order valence-electron chi connectivity index (χ1n) is 12.3. The van der Waals surface area contributed by atoms with E-state index in [1.165, 1.54) is 38.4 Å². The lowest BCUT2D eigenvalue weighted by molar-refractivity contribution is -0.172. The third-order valence-corrected chi connectivity index (χ3v) is 13.1. The highest BCUT2D eigenvalue weighted by Crippen LogP contribution is 2.42. The van der Waals surface area contributed by atoms with Crippen LogP contribution in [0.5, 0.6) is 0 Å². The van der Waals surface area contributed by atoms with Gasteiger partial charge in [0, 0.05) is 40.3 Å². The van der Waals surface area contributed by atoms with E-state index in [4.69, 9.17) is 55.9 Å². The summed E-state index contributed by atoms with van der Waals surface area (Å²) in [6.45, 7) is 0.780. The minimum absolute atomic E-state index is 0. The molecule has 0 spiro atoms. The molecule has 254 valence electrons. The van der Waals surface area contributed by atoms with Gasteiger partial charge in [-0.3, -0.25) is 0 Å². The highest BCUT2D eigenvalue weighted by molar-refractivity contribution is 7.92. The molecule has 2 rings (SSSR count). The maximum absolute atomic E-state index is 13.4. The maximum Gasteiger partial charge on any atom is 0.418 e. The van der Waals surface area contributed by atoms with E-state index >= 15 is 0 Å². The number of rotatable bonds is 12. The summed E-state index contributed by atoms with van der Waals surface area (Å²) >= 11 is 25.6. The first-order valence-corrected chi connectivity index (χ1v) is 16.7. The van der Waals surface area contributed by atoms with Gasteiger partial charge >= 0.3 is 11.9 Å². The maximum atomic E-state index is 13.4. The number of nitrogens with zero attached hydrogens (tertiary/aromatic N) is 4. The van der Waals surface area contributed by atoms with Gasteiger partial charge in [-0.25, -0.2) is 35.0 Å². The molecule has 0 radical (unpaired) electrons. The van der Waals surface area contributed by atoms with E-state index in [-0.39, 0.29) is 48.0 Å². The second-order valence-corrected chi connectivity index (χ2v) is 17.1. The van der Waals surface area contributed by atoms with E-state index in [0.717, 1.165) is 20.8 Å². The molecule has 0 N–H and O–H groups in total. The number of alkyl halides is 2. The van der Waals surface area contributed by atoms with E-state index in [2.05, 4.69) is 0 Å². The van der Waals surface area contributed by atoms with Crippen LogP contribution in [0.15, 0.2) is 46.5 Å². The second-order valence-electron chi connectivity index (χ2n) is 10.0. The zero-order valence-corrected chi connectivity index (χ0v) is 30.9. The van der Waals surface area contributed by atoms with Crippen LogP contribution in [-0.4, -0.2) is 136 Å². The summed E-state index contributed by atoms with van der Waals surface area (Å²) in [6.07, 6.45) is 3.43. The molecule has 4 unspecified atom stereocenters. The lowest BCUT2D eigenvalue weighted by atomic mass is 10.1. The van der Waals surface area contributed by atoms with Gasteiger partial charge in [0.05, 0.1) is 10.1 Å². The summed E-state index contributed by atoms with van der Waals surface area (Å²) in [5, 5.41) is -0.595. The van der Waals surface area contributed by atoms with E-state index in [0.29, 0.717) is 13.1 Å². The van der Waals surface area contributed by atoms with E-state index < -0.39 is 52.6 Å². The largest absolute Gasteiger partial charge is 0.445 e. The Labute approximate surface area is 291 Å². The molecule has 2 aliphatic rings. The average molecular weight is 785 g/mol. The van der Waals surface area contributed by atoms with Crippen LogP contribution in [0, 0.1) is 0 Å². The normalized spacial score (nSPS) is 25.3. The lowest BCUT2D eigenvalue weighted by Gasteiger charge is -2.37. The number of carbonyl (C=O) groups excluding carboxylic acids is 2. The Balaban J connectivity index is 0.00000924. The van der Waals surface area contributed by atoms with Crippen molar-refractivity contribution in [1.29, 1.82) is 0 Å². The van der Waals surface area contributed by atoms with Crippen molar-refractivity contribution in [3.63, 3.8) is 0 Å². The molecule has 44 heavy (non-hydrogen) atoms. The number of halogens is 6. The summed E-state index contributed by atoms with van der Waals surface area (Å²) in [5.41, 5.74) is 0. The molecule has 0 bridgehead atoms. The molecule has 2 aliphatic carbocycles. The Hall–Kier alpha value is -0.620. The van der Waals surface area contributed by atoms with Crippen LogP contribution in [0.2, 0.25) is 0 Å². The molecule has 0 heterocycles. The lowest BCUT2D eigenvalue weighted by Crippen LogP contribution is -2.54. The van der Waals surface area contributed by atoms with Crippen molar-refractivity contribution in [1.82, 2.24) is 18.4 Å². The van der Waals surface area contributed by atoms with Crippen LogP contribution in [0.25, 0.3) is 0 Å². The highest BCUT2D eigenvalue weighted by Gasteiger charge is 2.56. The fraction of sp³-hybridized carbons (Fsp3) is 0.583. The van der Waals surface area contributed by atoms with Crippen LogP contribution < -0.4 is 0 Å². The summed E-state index contributed by atoms with van der Waals surface area (Å²) in [5.74, 6) is -3.43. The van der Waals surface area contributed by atoms with E-state index in [1.54, 1.807) is 38.0 Å². The number of hydrogen-bond donors (Lipinski definition) is 0. The summed E-state index contributed by atoms with van der Waals surface area (Å²) in [7, 11) is 0.728. The number of sulfonamides is 2. The standard InChI is InChI=1S/C24H34Cl4N4O8S2.2ClH/c1-29(2)13-15-31(5)41(35,36)23(27)11-7-9-17(25)19(23)39-21(33)22(34)40-20-18(26)10-8-12-24(20,28)42(37,38)32(6)16-14-30(3)4;;/h7-12,19-20H,13-16H2,1-6H3;2*1H. The second kappa shape index (κ2) is 17.0. The molecule has 0 aromatic rings. The van der Waals surface area contributed by atoms with Crippen molar-refractivity contribution < 1.29 is 35.9 Å². The van der Waals surface area contributed by atoms with Crippen LogP contribution in [0.3, 0.4) is 0 Å². The average Bonchev–Trinajstić information content (AvgIpc) is 2.89. The third kappa shape index (κ3) is 9.26. The minimum Gasteiger partial charge on any atom is -0.445 e. The molecule has 12 nitrogen and oxygen atoms in total. The molecule has 0 aliphatic heterocycles. The fourth-order valence-corrected chi connectivity index (χ4v) is 8.68. The summed E-state index contributed by atoms with van der Waals surface area (Å²) in [6, 6.07) is 0. The minimum atomic E-state index is -4.42. The van der Waals surface area contributed by atoms with Crippen molar-refractivity contribution >= 4 is 103 Å². The molecular weight excluding hydrogens is 749 g/mol. The number of allylic oxidation sites excluding steroid dienone is 4. The summed E-state index contributed by atoms with van der Waals surface area (Å²) < 4.78 is 61.3. The zero-order chi connectivity index (χ0) is 32.3. The number of esters is 2. The van der Waals surface area contributed by atoms with Crippen molar-refractivity contribution in [3.05, 3.63) is 46.5 Å². The van der Waals surface area contributed by atoms with Crippen molar-refractivity contribution in [2.24, 2.45) is 0 Å². The molecule has 20 heteroatoms. The molecule has 0 aromatic heterocycles. The smallest absolute Gasteiger partial charge is 0.418 e. The van der Waals surface area contributed by atoms with Crippen LogP contribution in [0.4, 0.5) is 0 Å². The quantitative estimate of drug-likeness (QED) is 0.165. The molecule has 0 amide bonds. The van der Waals surface area contributed by atoms with Gasteiger partial charge in [0.25, 0.3) is 0 Å². The van der Waals surface area contributed by atoms with Gasteiger partial charge in [-0.2, -0.15) is 0 Å². The highest BCUT2D eigenvalue weighted by atomic mass is 35.5. The van der Waals surface area contributed by atoms with Crippen molar-refractivity contribution in [2.45, 2.75) is 20.6 Å². The first kappa shape index (κ1) is 43.4. The van der Waals surface area contributed by atoms with Gasteiger partial charge in [0.15, 0.2) is 12.2 Å². The van der Waals surface area contributed by atoms with Crippen LogP contribution in [-0.2, 0) is 39.1 Å². The van der Waals surface area contributed by atoms with Gasteiger partial charge in [0.2, 0.25) is 28.5 Å². The molecular formula is C24H36Cl6N4O8S2. The predicted octanol–water partition coefficient (Wildman–Crippen LogP) is 2.56. The number of likely N-dealkylation sites (N-methyl/N-ethyl adjacent to an activating group) is 4. The SMILES string of the molecule is CN(C)CCN(C)S(=O)(=O)C1(Cl)C=CC=C(Cl)C1OC(=O)C(=O)OC1C(Cl)=CC=CC1(Cl)S(=O)(=O)N(C)CCN(C)C.Cl.Cl.